The topological polar surface area (TPSA) is 51.6 Å². The minimum Gasteiger partial charge on any atom is -0.245 e. The normalized spacial score (nSPS) is 11.8. The Labute approximate surface area is 346 Å². The lowest BCUT2D eigenvalue weighted by Crippen LogP contribution is -1.92. The van der Waals surface area contributed by atoms with Gasteiger partial charge in [0.1, 0.15) is 0 Å². The summed E-state index contributed by atoms with van der Waals surface area (Å²) in [6.07, 6.45) is 0. The Bertz CT molecular complexity index is 3510. The summed E-state index contributed by atoms with van der Waals surface area (Å²) in [5, 5.41) is 11.5. The van der Waals surface area contributed by atoms with E-state index in [1.807, 2.05) is 0 Å². The summed E-state index contributed by atoms with van der Waals surface area (Å²) in [7, 11) is 0. The van der Waals surface area contributed by atoms with Gasteiger partial charge in [0.05, 0.1) is 44.8 Å². The highest BCUT2D eigenvalue weighted by atomic mass is 14.8. The molecule has 0 aliphatic rings. The van der Waals surface area contributed by atoms with Gasteiger partial charge in [-0.15, -0.1) is 0 Å². The van der Waals surface area contributed by atoms with E-state index in [9.17, 15) is 0 Å². The Morgan fingerprint density at radius 3 is 1.02 bits per heavy atom. The van der Waals surface area contributed by atoms with Gasteiger partial charge in [0.15, 0.2) is 0 Å². The summed E-state index contributed by atoms with van der Waals surface area (Å²) in [6, 6.07) is 64.8. The summed E-state index contributed by atoms with van der Waals surface area (Å²) in [5.74, 6) is 0. The predicted molar refractivity (Wildman–Crippen MR) is 251 cm³/mol. The van der Waals surface area contributed by atoms with E-state index < -0.39 is 0 Å². The number of rotatable bonds is 4. The second-order valence-corrected chi connectivity index (χ2v) is 15.9. The molecule has 0 spiro atoms. The maximum atomic E-state index is 5.30. The highest BCUT2D eigenvalue weighted by molar-refractivity contribution is 6.07. The first-order valence-electron chi connectivity index (χ1n) is 20.5. The van der Waals surface area contributed by atoms with Crippen LogP contribution in [0.1, 0.15) is 11.1 Å². The van der Waals surface area contributed by atoms with Crippen molar-refractivity contribution in [3.63, 3.8) is 0 Å². The molecule has 0 atom stereocenters. The molecule has 8 aromatic carbocycles. The molecule has 0 radical (unpaired) electrons. The lowest BCUT2D eigenvalue weighted by atomic mass is 9.97. The van der Waals surface area contributed by atoms with E-state index in [1.165, 1.54) is 32.7 Å². The monoisotopic (exact) mass is 764 g/mol. The van der Waals surface area contributed by atoms with Crippen LogP contribution in [0.5, 0.6) is 0 Å². The van der Waals surface area contributed by atoms with Gasteiger partial charge in [0.25, 0.3) is 0 Å². The first-order chi connectivity index (χ1) is 29.5. The van der Waals surface area contributed by atoms with E-state index in [1.54, 1.807) is 0 Å². The van der Waals surface area contributed by atoms with Crippen molar-refractivity contribution in [2.45, 2.75) is 13.8 Å². The lowest BCUT2D eigenvalue weighted by molar-refractivity contribution is 1.37. The molecule has 0 aliphatic carbocycles. The van der Waals surface area contributed by atoms with Crippen LogP contribution < -0.4 is 0 Å². The van der Waals surface area contributed by atoms with Gasteiger partial charge in [-0.05, 0) is 93.7 Å². The smallest absolute Gasteiger partial charge is 0.0972 e. The number of aryl methyl sites for hydroxylation is 2. The molecule has 4 heterocycles. The molecule has 0 fully saturated rings. The van der Waals surface area contributed by atoms with Crippen molar-refractivity contribution in [1.82, 2.24) is 19.9 Å². The Morgan fingerprint density at radius 2 is 0.600 bits per heavy atom. The third-order valence-corrected chi connectivity index (χ3v) is 12.3. The molecule has 280 valence electrons. The van der Waals surface area contributed by atoms with Crippen LogP contribution in [0.3, 0.4) is 0 Å². The highest BCUT2D eigenvalue weighted by Crippen LogP contribution is 2.36. The summed E-state index contributed by atoms with van der Waals surface area (Å²) in [4.78, 5) is 21.2. The van der Waals surface area contributed by atoms with Crippen LogP contribution in [0, 0.1) is 13.8 Å². The molecule has 12 aromatic rings. The summed E-state index contributed by atoms with van der Waals surface area (Å²) in [5.41, 5.74) is 14.2. The van der Waals surface area contributed by atoms with Crippen molar-refractivity contribution in [1.29, 1.82) is 0 Å². The molecule has 0 amide bonds. The maximum absolute atomic E-state index is 5.30. The standard InChI is InChI=1S/C56H36N4/c1-33-11-25-47(45-9-5-3-7-43(33)45)51-29-23-38-17-15-36-21-27-49(57-53(36)55(38)59-51)40-19-13-35-14-20-41(32-42(35)31-40)50-28-22-37-16-18-39-24-30-52(60-56(39)54(37)58-50)48-26-12-34(2)44-8-4-6-10-46(44)48/h3-32H,1-2H3. The molecule has 60 heavy (non-hydrogen) atoms. The van der Waals surface area contributed by atoms with Gasteiger partial charge in [-0.2, -0.15) is 0 Å². The van der Waals surface area contributed by atoms with Gasteiger partial charge in [-0.25, -0.2) is 19.9 Å². The zero-order valence-electron chi connectivity index (χ0n) is 33.1. The number of hydrogen-bond donors (Lipinski definition) is 0. The fraction of sp³-hybridized carbons (Fsp3) is 0.0357. The number of hydrogen-bond acceptors (Lipinski definition) is 4. The predicted octanol–water partition coefficient (Wildman–Crippen LogP) is 14.6. The van der Waals surface area contributed by atoms with E-state index in [2.05, 4.69) is 196 Å². The third-order valence-electron chi connectivity index (χ3n) is 12.3. The SMILES string of the molecule is Cc1ccc(-c2ccc3ccc4ccc(-c5ccc6ccc(-c7ccc8ccc9ccc(-c%10ccc(C)c%11ccccc%10%11)nc9c8n7)cc6c5)nc4c3n2)c2ccccc12. The van der Waals surface area contributed by atoms with E-state index in [0.717, 1.165) is 99.4 Å². The summed E-state index contributed by atoms with van der Waals surface area (Å²) < 4.78 is 0. The van der Waals surface area contributed by atoms with Crippen LogP contribution in [0.4, 0.5) is 0 Å². The van der Waals surface area contributed by atoms with Crippen molar-refractivity contribution in [2.24, 2.45) is 0 Å². The van der Waals surface area contributed by atoms with Crippen LogP contribution in [0.25, 0.3) is 121 Å². The minimum absolute atomic E-state index is 0.900. The molecule has 12 rings (SSSR count). The highest BCUT2D eigenvalue weighted by Gasteiger charge is 2.14. The molecule has 4 nitrogen and oxygen atoms in total. The van der Waals surface area contributed by atoms with Crippen LogP contribution >= 0.6 is 0 Å². The molecule has 0 N–H and O–H groups in total. The molecule has 0 unspecified atom stereocenters. The fourth-order valence-corrected chi connectivity index (χ4v) is 9.07. The number of benzene rings is 8. The average molecular weight is 765 g/mol. The maximum Gasteiger partial charge on any atom is 0.0972 e. The van der Waals surface area contributed by atoms with Crippen molar-refractivity contribution in [2.75, 3.05) is 0 Å². The van der Waals surface area contributed by atoms with Gasteiger partial charge in [0, 0.05) is 43.8 Å². The van der Waals surface area contributed by atoms with Crippen LogP contribution in [-0.4, -0.2) is 19.9 Å². The molecule has 0 saturated heterocycles. The number of nitrogens with zero attached hydrogens (tertiary/aromatic N) is 4. The average Bonchev–Trinajstić information content (AvgIpc) is 3.31. The molecule has 0 saturated carbocycles. The van der Waals surface area contributed by atoms with Crippen molar-refractivity contribution >= 4 is 75.9 Å². The summed E-state index contributed by atoms with van der Waals surface area (Å²) >= 11 is 0. The zero-order chi connectivity index (χ0) is 39.9. The lowest BCUT2D eigenvalue weighted by Gasteiger charge is -2.12. The van der Waals surface area contributed by atoms with E-state index >= 15 is 0 Å². The largest absolute Gasteiger partial charge is 0.245 e. The second kappa shape index (κ2) is 13.4. The van der Waals surface area contributed by atoms with E-state index in [0.29, 0.717) is 0 Å². The van der Waals surface area contributed by atoms with Gasteiger partial charge < -0.3 is 0 Å². The molecular weight excluding hydrogens is 729 g/mol. The first kappa shape index (κ1) is 34.2. The van der Waals surface area contributed by atoms with Gasteiger partial charge in [-0.3, -0.25) is 0 Å². The second-order valence-electron chi connectivity index (χ2n) is 15.9. The number of pyridine rings is 4. The van der Waals surface area contributed by atoms with Crippen LogP contribution in [-0.2, 0) is 0 Å². The van der Waals surface area contributed by atoms with Gasteiger partial charge >= 0.3 is 0 Å². The molecular formula is C56H36N4. The van der Waals surface area contributed by atoms with Gasteiger partial charge in [0.2, 0.25) is 0 Å². The Kier molecular flexibility index (Phi) is 7.63. The minimum atomic E-state index is 0.900. The first-order valence-corrected chi connectivity index (χ1v) is 20.5. The zero-order valence-corrected chi connectivity index (χ0v) is 33.1. The van der Waals surface area contributed by atoms with Gasteiger partial charge in [-0.1, -0.05) is 146 Å². The Morgan fingerprint density at radius 1 is 0.267 bits per heavy atom. The Hall–Kier alpha value is -7.82. The van der Waals surface area contributed by atoms with E-state index in [-0.39, 0.29) is 0 Å². The molecule has 0 bridgehead atoms. The quantitative estimate of drug-likeness (QED) is 0.168. The molecule has 4 heteroatoms. The van der Waals surface area contributed by atoms with Crippen LogP contribution in [0.15, 0.2) is 182 Å². The van der Waals surface area contributed by atoms with Crippen molar-refractivity contribution in [3.05, 3.63) is 193 Å². The van der Waals surface area contributed by atoms with Crippen molar-refractivity contribution in [3.8, 4) is 45.0 Å². The van der Waals surface area contributed by atoms with Crippen LogP contribution in [0.2, 0.25) is 0 Å². The van der Waals surface area contributed by atoms with E-state index in [4.69, 9.17) is 19.9 Å². The third kappa shape index (κ3) is 5.53. The number of aromatic nitrogens is 4. The Balaban J connectivity index is 0.942. The molecule has 4 aromatic heterocycles. The fourth-order valence-electron chi connectivity index (χ4n) is 9.07. The summed E-state index contributed by atoms with van der Waals surface area (Å²) in [6.45, 7) is 4.32. The number of fused-ring (bicyclic) bond motifs is 9. The molecule has 0 aliphatic heterocycles. The van der Waals surface area contributed by atoms with Crippen molar-refractivity contribution < 1.29 is 0 Å².